The molecule has 0 bridgehead atoms. The van der Waals surface area contributed by atoms with E-state index in [4.69, 9.17) is 15.9 Å². The van der Waals surface area contributed by atoms with Gasteiger partial charge in [0.05, 0.1) is 25.4 Å². The number of hydrogen-bond donors (Lipinski definition) is 4. The molecular weight excluding hydrogens is 389 g/mol. The third kappa shape index (κ3) is 6.14. The van der Waals surface area contributed by atoms with Crippen LogP contribution >= 0.6 is 0 Å². The standard InChI is InChI=1S/C18H25F3N6O2/c1-10(12-5-8-25-27-17(12)29-2)24-9-13(15(19)23)26-16(28)14(22)11-3-6-18(20,21)7-4-11/h5,8-11,14,23-24H,3-4,6-7,22H2,1-2H3,(H,26,28)/b13-9+,23-15?. The number of aromatic nitrogens is 2. The highest BCUT2D eigenvalue weighted by Crippen LogP contribution is 2.37. The van der Waals surface area contributed by atoms with Crippen LogP contribution in [0.5, 0.6) is 5.88 Å². The molecule has 0 aromatic carbocycles. The van der Waals surface area contributed by atoms with Crippen LogP contribution in [0.15, 0.2) is 24.2 Å². The Bertz CT molecular complexity index is 764. The van der Waals surface area contributed by atoms with E-state index in [0.29, 0.717) is 5.56 Å². The second kappa shape index (κ2) is 9.68. The van der Waals surface area contributed by atoms with Crippen molar-refractivity contribution < 1.29 is 22.7 Å². The largest absolute Gasteiger partial charge is 0.480 e. The highest BCUT2D eigenvalue weighted by molar-refractivity contribution is 5.96. The number of carbonyl (C=O) groups is 1. The molecule has 0 aliphatic heterocycles. The van der Waals surface area contributed by atoms with Crippen molar-refractivity contribution in [2.24, 2.45) is 11.7 Å². The first kappa shape index (κ1) is 22.6. The molecule has 1 aromatic rings. The van der Waals surface area contributed by atoms with Gasteiger partial charge in [-0.3, -0.25) is 10.2 Å². The van der Waals surface area contributed by atoms with Gasteiger partial charge in [-0.1, -0.05) is 0 Å². The quantitative estimate of drug-likeness (QED) is 0.483. The van der Waals surface area contributed by atoms with Crippen LogP contribution in [0.3, 0.4) is 0 Å². The maximum atomic E-state index is 13.6. The fourth-order valence-corrected chi connectivity index (χ4v) is 3.12. The van der Waals surface area contributed by atoms with E-state index in [9.17, 15) is 18.0 Å². The van der Waals surface area contributed by atoms with Crippen molar-refractivity contribution >= 4 is 11.9 Å². The molecule has 0 saturated heterocycles. The normalized spacial score (nSPS) is 19.2. The summed E-state index contributed by atoms with van der Waals surface area (Å²) in [5.74, 6) is -4.99. The Kier molecular flexibility index (Phi) is 7.54. The molecule has 0 spiro atoms. The molecule has 0 radical (unpaired) electrons. The summed E-state index contributed by atoms with van der Waals surface area (Å²) in [7, 11) is 1.43. The highest BCUT2D eigenvalue weighted by Gasteiger charge is 2.38. The molecule has 2 rings (SSSR count). The van der Waals surface area contributed by atoms with Gasteiger partial charge in [0.25, 0.3) is 0 Å². The van der Waals surface area contributed by atoms with E-state index in [2.05, 4.69) is 20.8 Å². The second-order valence-electron chi connectivity index (χ2n) is 6.96. The van der Waals surface area contributed by atoms with Gasteiger partial charge in [-0.2, -0.15) is 9.49 Å². The Morgan fingerprint density at radius 3 is 2.69 bits per heavy atom. The summed E-state index contributed by atoms with van der Waals surface area (Å²) in [6.07, 6.45) is 2.15. The van der Waals surface area contributed by atoms with Crippen molar-refractivity contribution in [1.82, 2.24) is 20.8 Å². The van der Waals surface area contributed by atoms with Gasteiger partial charge >= 0.3 is 0 Å². The molecule has 8 nitrogen and oxygen atoms in total. The summed E-state index contributed by atoms with van der Waals surface area (Å²) in [4.78, 5) is 12.3. The van der Waals surface area contributed by atoms with Gasteiger partial charge in [-0.25, -0.2) is 8.78 Å². The Labute approximate surface area is 166 Å². The SMILES string of the molecule is COc1nnccc1C(C)N/C=C(/NC(=O)C(N)C1CCC(F)(F)CC1)C(=N)F. The zero-order chi connectivity index (χ0) is 21.6. The van der Waals surface area contributed by atoms with E-state index in [-0.39, 0.29) is 31.6 Å². The van der Waals surface area contributed by atoms with Crippen LogP contribution < -0.4 is 21.1 Å². The van der Waals surface area contributed by atoms with E-state index in [1.807, 2.05) is 0 Å². The lowest BCUT2D eigenvalue weighted by molar-refractivity contribution is -0.124. The summed E-state index contributed by atoms with van der Waals surface area (Å²) >= 11 is 0. The van der Waals surface area contributed by atoms with Crippen molar-refractivity contribution in [1.29, 1.82) is 5.41 Å². The smallest absolute Gasteiger partial charge is 0.248 e. The lowest BCUT2D eigenvalue weighted by Crippen LogP contribution is -2.47. The van der Waals surface area contributed by atoms with Crippen molar-refractivity contribution in [3.05, 3.63) is 29.7 Å². The number of hydrogen-bond acceptors (Lipinski definition) is 7. The molecule has 5 N–H and O–H groups in total. The minimum absolute atomic E-state index is 0.109. The Balaban J connectivity index is 2.01. The fourth-order valence-electron chi connectivity index (χ4n) is 3.12. The van der Waals surface area contributed by atoms with Crippen molar-refractivity contribution in [3.8, 4) is 5.88 Å². The van der Waals surface area contributed by atoms with E-state index < -0.39 is 41.5 Å². The number of ether oxygens (including phenoxy) is 1. The van der Waals surface area contributed by atoms with E-state index in [1.165, 1.54) is 13.3 Å². The van der Waals surface area contributed by atoms with Crippen molar-refractivity contribution in [3.63, 3.8) is 0 Å². The number of rotatable bonds is 8. The average Bonchev–Trinajstić information content (AvgIpc) is 2.69. The Hall–Kier alpha value is -2.69. The summed E-state index contributed by atoms with van der Waals surface area (Å²) < 4.78 is 45.3. The molecular formula is C18H25F3N6O2. The van der Waals surface area contributed by atoms with Crippen LogP contribution in [0, 0.1) is 11.3 Å². The molecule has 1 heterocycles. The monoisotopic (exact) mass is 414 g/mol. The third-order valence-corrected chi connectivity index (χ3v) is 4.92. The number of nitrogens with zero attached hydrogens (tertiary/aromatic N) is 2. The number of amides is 1. The predicted molar refractivity (Wildman–Crippen MR) is 100 cm³/mol. The molecule has 29 heavy (non-hydrogen) atoms. The zero-order valence-corrected chi connectivity index (χ0v) is 16.2. The number of halogens is 3. The maximum absolute atomic E-state index is 13.6. The molecule has 1 amide bonds. The van der Waals surface area contributed by atoms with Crippen LogP contribution in [0.1, 0.15) is 44.2 Å². The second-order valence-corrected chi connectivity index (χ2v) is 6.96. The van der Waals surface area contributed by atoms with Gasteiger partial charge in [-0.05, 0) is 31.7 Å². The summed E-state index contributed by atoms with van der Waals surface area (Å²) in [5, 5.41) is 19.9. The summed E-state index contributed by atoms with van der Waals surface area (Å²) in [5.41, 5.74) is 6.10. The number of carbonyl (C=O) groups excluding carboxylic acids is 1. The third-order valence-electron chi connectivity index (χ3n) is 4.92. The molecule has 2 atom stereocenters. The lowest BCUT2D eigenvalue weighted by atomic mass is 9.82. The number of alkyl halides is 2. The minimum Gasteiger partial charge on any atom is -0.480 e. The molecule has 1 aliphatic rings. The van der Waals surface area contributed by atoms with Gasteiger partial charge in [0, 0.05) is 24.6 Å². The van der Waals surface area contributed by atoms with Crippen LogP contribution in [0.4, 0.5) is 13.2 Å². The van der Waals surface area contributed by atoms with Crippen LogP contribution in [0.25, 0.3) is 0 Å². The Morgan fingerprint density at radius 2 is 2.10 bits per heavy atom. The van der Waals surface area contributed by atoms with Gasteiger partial charge in [0.2, 0.25) is 23.7 Å². The molecule has 1 saturated carbocycles. The summed E-state index contributed by atoms with van der Waals surface area (Å²) in [6, 6.07) is 0.183. The van der Waals surface area contributed by atoms with Gasteiger partial charge < -0.3 is 21.1 Å². The number of allylic oxidation sites excluding steroid dienone is 1. The van der Waals surface area contributed by atoms with Crippen LogP contribution in [-0.2, 0) is 4.79 Å². The highest BCUT2D eigenvalue weighted by atomic mass is 19.3. The van der Waals surface area contributed by atoms with Crippen molar-refractivity contribution in [2.45, 2.75) is 50.6 Å². The van der Waals surface area contributed by atoms with E-state index >= 15 is 0 Å². The molecule has 1 fully saturated rings. The fraction of sp³-hybridized carbons (Fsp3) is 0.556. The first-order valence-electron chi connectivity index (χ1n) is 9.15. The first-order chi connectivity index (χ1) is 13.6. The molecule has 1 aliphatic carbocycles. The van der Waals surface area contributed by atoms with Gasteiger partial charge in [0.1, 0.15) is 5.70 Å². The topological polar surface area (TPSA) is 126 Å². The molecule has 11 heteroatoms. The first-order valence-corrected chi connectivity index (χ1v) is 9.15. The van der Waals surface area contributed by atoms with Crippen LogP contribution in [-0.4, -0.2) is 41.1 Å². The molecule has 2 unspecified atom stereocenters. The Morgan fingerprint density at radius 1 is 1.45 bits per heavy atom. The predicted octanol–water partition coefficient (Wildman–Crippen LogP) is 2.19. The lowest BCUT2D eigenvalue weighted by Gasteiger charge is -2.31. The van der Waals surface area contributed by atoms with Crippen LogP contribution in [0.2, 0.25) is 0 Å². The average molecular weight is 414 g/mol. The zero-order valence-electron chi connectivity index (χ0n) is 16.2. The van der Waals surface area contributed by atoms with E-state index in [0.717, 1.165) is 6.20 Å². The minimum atomic E-state index is -2.73. The van der Waals surface area contributed by atoms with Crippen molar-refractivity contribution in [2.75, 3.05) is 7.11 Å². The van der Waals surface area contributed by atoms with E-state index in [1.54, 1.807) is 13.0 Å². The number of nitrogens with one attached hydrogen (secondary N) is 3. The number of methoxy groups -OCH3 is 1. The van der Waals surface area contributed by atoms with Gasteiger partial charge in [-0.15, -0.1) is 5.10 Å². The van der Waals surface area contributed by atoms with Gasteiger partial charge in [0.15, 0.2) is 0 Å². The summed E-state index contributed by atoms with van der Waals surface area (Å²) in [6.45, 7) is 1.74. The molecule has 1 aromatic heterocycles. The maximum Gasteiger partial charge on any atom is 0.248 e. The molecule has 160 valence electrons. The number of nitrogens with two attached hydrogens (primary N) is 1.